The van der Waals surface area contributed by atoms with Crippen LogP contribution in [0.5, 0.6) is 0 Å². The molecule has 0 aromatic heterocycles. The Balaban J connectivity index is 0.00000576. The number of anilines is 1. The zero-order valence-electron chi connectivity index (χ0n) is 15.2. The maximum absolute atomic E-state index is 12.1. The van der Waals surface area contributed by atoms with Gasteiger partial charge in [0.05, 0.1) is 13.2 Å². The molecule has 0 aliphatic heterocycles. The Labute approximate surface area is 172 Å². The number of nitrogens with zero attached hydrogens (tertiary/aromatic N) is 1. The van der Waals surface area contributed by atoms with Crippen LogP contribution in [0.2, 0.25) is 5.02 Å². The van der Waals surface area contributed by atoms with E-state index in [0.29, 0.717) is 30.6 Å². The minimum Gasteiger partial charge on any atom is -0.383 e. The number of benzene rings is 1. The van der Waals surface area contributed by atoms with Crippen molar-refractivity contribution in [3.05, 3.63) is 28.8 Å². The van der Waals surface area contributed by atoms with Crippen LogP contribution in [0.25, 0.3) is 0 Å². The van der Waals surface area contributed by atoms with Crippen molar-refractivity contribution in [1.29, 1.82) is 0 Å². The van der Waals surface area contributed by atoms with Crippen molar-refractivity contribution in [2.45, 2.75) is 33.2 Å². The average Bonchev–Trinajstić information content (AvgIpc) is 2.52. The van der Waals surface area contributed by atoms with Crippen molar-refractivity contribution < 1.29 is 9.53 Å². The molecule has 142 valence electrons. The Hall–Kier alpha value is -1.06. The number of rotatable bonds is 8. The normalized spacial score (nSPS) is 12.1. The lowest BCUT2D eigenvalue weighted by molar-refractivity contribution is -0.116. The van der Waals surface area contributed by atoms with Crippen molar-refractivity contribution in [2.75, 3.05) is 32.1 Å². The van der Waals surface area contributed by atoms with Gasteiger partial charge < -0.3 is 20.7 Å². The van der Waals surface area contributed by atoms with Crippen LogP contribution in [-0.2, 0) is 9.53 Å². The number of methoxy groups -OCH3 is 1. The molecule has 0 spiro atoms. The Morgan fingerprint density at radius 1 is 1.40 bits per heavy atom. The van der Waals surface area contributed by atoms with Crippen molar-refractivity contribution in [3.8, 4) is 0 Å². The van der Waals surface area contributed by atoms with Gasteiger partial charge in [0.25, 0.3) is 0 Å². The number of nitrogens with one attached hydrogen (secondary N) is 3. The van der Waals surface area contributed by atoms with Gasteiger partial charge in [0.1, 0.15) is 0 Å². The number of carbonyl (C=O) groups is 1. The summed E-state index contributed by atoms with van der Waals surface area (Å²) < 4.78 is 5.09. The molecule has 0 heterocycles. The number of hydrogen-bond donors (Lipinski definition) is 3. The first kappa shape index (κ1) is 23.9. The fraction of sp³-hybridized carbons (Fsp3) is 0.529. The molecule has 0 bridgehead atoms. The molecule has 25 heavy (non-hydrogen) atoms. The van der Waals surface area contributed by atoms with E-state index in [4.69, 9.17) is 16.3 Å². The fourth-order valence-electron chi connectivity index (χ4n) is 2.07. The number of aliphatic imine (C=N–C) groups is 1. The van der Waals surface area contributed by atoms with E-state index >= 15 is 0 Å². The quantitative estimate of drug-likeness (QED) is 0.302. The number of carbonyl (C=O) groups excluding carboxylic acids is 1. The van der Waals surface area contributed by atoms with Crippen LogP contribution < -0.4 is 16.0 Å². The highest BCUT2D eigenvalue weighted by Gasteiger charge is 2.08. The molecule has 0 fully saturated rings. The third-order valence-electron chi connectivity index (χ3n) is 3.29. The molecule has 1 aromatic rings. The Kier molecular flexibility index (Phi) is 12.6. The SMILES string of the molecule is CCNC(=NCCC(=O)Nc1cccc(Cl)c1C)NC(C)COC.I. The van der Waals surface area contributed by atoms with Crippen LogP contribution in [0.1, 0.15) is 25.8 Å². The third-order valence-corrected chi connectivity index (χ3v) is 3.70. The minimum absolute atomic E-state index is 0. The number of amides is 1. The average molecular weight is 483 g/mol. The number of ether oxygens (including phenoxy) is 1. The van der Waals surface area contributed by atoms with E-state index in [1.807, 2.05) is 32.9 Å². The standard InChI is InChI=1S/C17H27ClN4O2.HI/c1-5-19-17(21-12(2)11-24-4)20-10-9-16(23)22-15-8-6-7-14(18)13(15)3;/h6-8,12H,5,9-11H2,1-4H3,(H,22,23)(H2,19,20,21);1H. The van der Waals surface area contributed by atoms with Crippen LogP contribution in [0.3, 0.4) is 0 Å². The van der Waals surface area contributed by atoms with Gasteiger partial charge in [-0.05, 0) is 38.5 Å². The van der Waals surface area contributed by atoms with E-state index in [1.165, 1.54) is 0 Å². The molecular weight excluding hydrogens is 455 g/mol. The zero-order valence-corrected chi connectivity index (χ0v) is 18.3. The molecule has 1 aromatic carbocycles. The molecule has 0 radical (unpaired) electrons. The van der Waals surface area contributed by atoms with Gasteiger partial charge in [0, 0.05) is 36.8 Å². The van der Waals surface area contributed by atoms with E-state index in [2.05, 4.69) is 20.9 Å². The lowest BCUT2D eigenvalue weighted by atomic mass is 10.2. The van der Waals surface area contributed by atoms with E-state index < -0.39 is 0 Å². The largest absolute Gasteiger partial charge is 0.383 e. The van der Waals surface area contributed by atoms with Gasteiger partial charge in [0.15, 0.2) is 5.96 Å². The van der Waals surface area contributed by atoms with E-state index in [1.54, 1.807) is 13.2 Å². The summed E-state index contributed by atoms with van der Waals surface area (Å²) in [5.74, 6) is 0.582. The summed E-state index contributed by atoms with van der Waals surface area (Å²) in [6, 6.07) is 5.58. The van der Waals surface area contributed by atoms with Crippen molar-refractivity contribution in [2.24, 2.45) is 4.99 Å². The lowest BCUT2D eigenvalue weighted by Gasteiger charge is -2.17. The van der Waals surface area contributed by atoms with Crippen LogP contribution in [0, 0.1) is 6.92 Å². The van der Waals surface area contributed by atoms with E-state index in [9.17, 15) is 4.79 Å². The molecule has 1 unspecified atom stereocenters. The molecular formula is C17H28ClIN4O2. The predicted molar refractivity (Wildman–Crippen MR) is 115 cm³/mol. The van der Waals surface area contributed by atoms with Gasteiger partial charge in [-0.25, -0.2) is 0 Å². The predicted octanol–water partition coefficient (Wildman–Crippen LogP) is 3.19. The summed E-state index contributed by atoms with van der Waals surface area (Å²) in [5, 5.41) is 9.87. The molecule has 8 heteroatoms. The van der Waals surface area contributed by atoms with Gasteiger partial charge in [-0.1, -0.05) is 17.7 Å². The molecule has 1 amide bonds. The van der Waals surface area contributed by atoms with Gasteiger partial charge in [-0.2, -0.15) is 0 Å². The summed E-state index contributed by atoms with van der Waals surface area (Å²) in [7, 11) is 1.66. The van der Waals surface area contributed by atoms with E-state index in [-0.39, 0.29) is 35.9 Å². The van der Waals surface area contributed by atoms with Crippen LogP contribution in [-0.4, -0.2) is 44.7 Å². The second-order valence-corrected chi connectivity index (χ2v) is 5.88. The Morgan fingerprint density at radius 3 is 2.76 bits per heavy atom. The smallest absolute Gasteiger partial charge is 0.226 e. The van der Waals surface area contributed by atoms with Crippen molar-refractivity contribution in [1.82, 2.24) is 10.6 Å². The van der Waals surface area contributed by atoms with Crippen LogP contribution in [0.15, 0.2) is 23.2 Å². The highest BCUT2D eigenvalue weighted by Crippen LogP contribution is 2.22. The molecule has 0 aliphatic rings. The first-order chi connectivity index (χ1) is 11.5. The molecule has 1 atom stereocenters. The number of guanidine groups is 1. The second kappa shape index (κ2) is 13.2. The molecule has 1 rings (SSSR count). The topological polar surface area (TPSA) is 74.8 Å². The molecule has 0 saturated heterocycles. The molecule has 6 nitrogen and oxygen atoms in total. The van der Waals surface area contributed by atoms with E-state index in [0.717, 1.165) is 17.8 Å². The Morgan fingerprint density at radius 2 is 2.12 bits per heavy atom. The van der Waals surface area contributed by atoms with Gasteiger partial charge in [0.2, 0.25) is 5.91 Å². The first-order valence-corrected chi connectivity index (χ1v) is 8.44. The van der Waals surface area contributed by atoms with Crippen LogP contribution in [0.4, 0.5) is 5.69 Å². The van der Waals surface area contributed by atoms with Crippen LogP contribution >= 0.6 is 35.6 Å². The maximum Gasteiger partial charge on any atom is 0.226 e. The van der Waals surface area contributed by atoms with Gasteiger partial charge >= 0.3 is 0 Å². The molecule has 0 saturated carbocycles. The summed E-state index contributed by atoms with van der Waals surface area (Å²) in [4.78, 5) is 16.5. The maximum atomic E-state index is 12.1. The summed E-state index contributed by atoms with van der Waals surface area (Å²) >= 11 is 6.05. The highest BCUT2D eigenvalue weighted by molar-refractivity contribution is 14.0. The molecule has 0 aliphatic carbocycles. The third kappa shape index (κ3) is 9.27. The lowest BCUT2D eigenvalue weighted by Crippen LogP contribution is -2.44. The van der Waals surface area contributed by atoms with Gasteiger partial charge in [-0.15, -0.1) is 24.0 Å². The molecule has 3 N–H and O–H groups in total. The zero-order chi connectivity index (χ0) is 17.9. The number of hydrogen-bond acceptors (Lipinski definition) is 3. The summed E-state index contributed by atoms with van der Waals surface area (Å²) in [6.45, 7) is 7.59. The fourth-order valence-corrected chi connectivity index (χ4v) is 2.24. The Bertz CT molecular complexity index is 570. The first-order valence-electron chi connectivity index (χ1n) is 8.06. The number of halogens is 2. The summed E-state index contributed by atoms with van der Waals surface area (Å²) in [5.41, 5.74) is 1.59. The van der Waals surface area contributed by atoms with Crippen molar-refractivity contribution in [3.63, 3.8) is 0 Å². The minimum atomic E-state index is -0.0927. The summed E-state index contributed by atoms with van der Waals surface area (Å²) in [6.07, 6.45) is 0.293. The highest BCUT2D eigenvalue weighted by atomic mass is 127. The second-order valence-electron chi connectivity index (χ2n) is 5.47. The monoisotopic (exact) mass is 482 g/mol. The van der Waals surface area contributed by atoms with Crippen molar-refractivity contribution >= 4 is 53.1 Å². The van der Waals surface area contributed by atoms with Gasteiger partial charge in [-0.3, -0.25) is 9.79 Å².